The van der Waals surface area contributed by atoms with E-state index in [2.05, 4.69) is 205 Å². The van der Waals surface area contributed by atoms with Gasteiger partial charge in [-0.15, -0.1) is 0 Å². The lowest BCUT2D eigenvalue weighted by molar-refractivity contribution is 0.725. The Morgan fingerprint density at radius 3 is 1.89 bits per heavy atom. The zero-order chi connectivity index (χ0) is 38.3. The van der Waals surface area contributed by atoms with Crippen molar-refractivity contribution in [2.24, 2.45) is 0 Å². The summed E-state index contributed by atoms with van der Waals surface area (Å²) in [5.41, 5.74) is 19.4. The van der Waals surface area contributed by atoms with Crippen LogP contribution in [0.1, 0.15) is 67.0 Å². The van der Waals surface area contributed by atoms with E-state index in [0.29, 0.717) is 0 Å². The van der Waals surface area contributed by atoms with Crippen LogP contribution in [-0.4, -0.2) is 10.6 Å². The maximum absolute atomic E-state index is 2.56. The summed E-state index contributed by atoms with van der Waals surface area (Å²) < 4.78 is 2.49. The molecule has 2 nitrogen and oxygen atoms in total. The van der Waals surface area contributed by atoms with Gasteiger partial charge in [0.25, 0.3) is 0 Å². The molecule has 1 aromatic heterocycles. The number of para-hydroxylation sites is 2. The van der Waals surface area contributed by atoms with Crippen molar-refractivity contribution in [3.63, 3.8) is 0 Å². The van der Waals surface area contributed by atoms with E-state index in [4.69, 9.17) is 0 Å². The number of benzene rings is 7. The number of hydrogen-bond donors (Lipinski definition) is 0. The van der Waals surface area contributed by atoms with E-state index in [1.54, 1.807) is 0 Å². The second-order valence-corrected chi connectivity index (χ2v) is 15.8. The highest BCUT2D eigenvalue weighted by Crippen LogP contribution is 2.54. The SMILES string of the molecule is CCCCc1cccc(-c2ccc(-c3ccc(N4c5ccccc5C5c6c(n(-c7cccc(-c8ccc(CCC)cc8)c7)c7ccccc67)C=CC54)cc3)cc2)c1. The van der Waals surface area contributed by atoms with Crippen molar-refractivity contribution in [3.8, 4) is 39.1 Å². The number of rotatable bonds is 10. The van der Waals surface area contributed by atoms with E-state index in [1.165, 1.54) is 102 Å². The van der Waals surface area contributed by atoms with Crippen LogP contribution in [0.25, 0.3) is 56.0 Å². The van der Waals surface area contributed by atoms with E-state index in [0.717, 1.165) is 19.3 Å². The lowest BCUT2D eigenvalue weighted by Gasteiger charge is -2.31. The molecule has 2 atom stereocenters. The monoisotopic (exact) mass is 736 g/mol. The van der Waals surface area contributed by atoms with Crippen LogP contribution < -0.4 is 4.90 Å². The van der Waals surface area contributed by atoms with Crippen LogP contribution in [0, 0.1) is 0 Å². The smallest absolute Gasteiger partial charge is 0.0637 e. The zero-order valence-electron chi connectivity index (χ0n) is 32.9. The molecule has 0 radical (unpaired) electrons. The van der Waals surface area contributed by atoms with Crippen LogP contribution in [-0.2, 0) is 12.8 Å². The molecule has 0 amide bonds. The summed E-state index contributed by atoms with van der Waals surface area (Å²) in [6, 6.07) is 63.7. The van der Waals surface area contributed by atoms with E-state index < -0.39 is 0 Å². The number of nitrogens with zero attached hydrogens (tertiary/aromatic N) is 2. The van der Waals surface area contributed by atoms with Gasteiger partial charge >= 0.3 is 0 Å². The number of aromatic nitrogens is 1. The highest BCUT2D eigenvalue weighted by Gasteiger charge is 2.43. The molecule has 2 unspecified atom stereocenters. The molecule has 2 heteroatoms. The van der Waals surface area contributed by atoms with Gasteiger partial charge < -0.3 is 9.47 Å². The third-order valence-corrected chi connectivity index (χ3v) is 12.3. The first kappa shape index (κ1) is 35.1. The van der Waals surface area contributed by atoms with Crippen molar-refractivity contribution in [2.75, 3.05) is 4.90 Å². The molecule has 0 saturated heterocycles. The Hall–Kier alpha value is -6.38. The molecule has 8 aromatic rings. The molecule has 7 aromatic carbocycles. The quantitative estimate of drug-likeness (QED) is 0.136. The molecular weight excluding hydrogens is 689 g/mol. The molecule has 0 bridgehead atoms. The lowest BCUT2D eigenvalue weighted by atomic mass is 9.82. The molecule has 1 aliphatic carbocycles. The fraction of sp³-hybridized carbons (Fsp3) is 0.164. The molecule has 2 aliphatic rings. The molecule has 278 valence electrons. The van der Waals surface area contributed by atoms with Crippen LogP contribution in [0.15, 0.2) is 176 Å². The van der Waals surface area contributed by atoms with Gasteiger partial charge in [0.1, 0.15) is 0 Å². The lowest BCUT2D eigenvalue weighted by Crippen LogP contribution is -2.30. The largest absolute Gasteiger partial charge is 0.333 e. The first-order chi connectivity index (χ1) is 28.2. The van der Waals surface area contributed by atoms with Gasteiger partial charge in [0, 0.05) is 28.4 Å². The highest BCUT2D eigenvalue weighted by molar-refractivity contribution is 5.94. The van der Waals surface area contributed by atoms with Crippen molar-refractivity contribution in [1.82, 2.24) is 4.57 Å². The first-order valence-corrected chi connectivity index (χ1v) is 20.9. The Morgan fingerprint density at radius 1 is 0.491 bits per heavy atom. The second-order valence-electron chi connectivity index (χ2n) is 15.8. The average Bonchev–Trinajstić information content (AvgIpc) is 3.79. The van der Waals surface area contributed by atoms with Gasteiger partial charge in [-0.1, -0.05) is 166 Å². The third-order valence-electron chi connectivity index (χ3n) is 12.3. The van der Waals surface area contributed by atoms with Gasteiger partial charge in [-0.2, -0.15) is 0 Å². The van der Waals surface area contributed by atoms with Crippen molar-refractivity contribution in [1.29, 1.82) is 0 Å². The van der Waals surface area contributed by atoms with Crippen LogP contribution in [0.4, 0.5) is 11.4 Å². The minimum absolute atomic E-state index is 0.167. The topological polar surface area (TPSA) is 8.17 Å². The van der Waals surface area contributed by atoms with Crippen LogP contribution in [0.5, 0.6) is 0 Å². The van der Waals surface area contributed by atoms with E-state index >= 15 is 0 Å². The Morgan fingerprint density at radius 2 is 1.14 bits per heavy atom. The van der Waals surface area contributed by atoms with Crippen molar-refractivity contribution in [3.05, 3.63) is 204 Å². The Bertz CT molecular complexity index is 2730. The van der Waals surface area contributed by atoms with Gasteiger partial charge in [0.2, 0.25) is 0 Å². The van der Waals surface area contributed by atoms with E-state index in [9.17, 15) is 0 Å². The fourth-order valence-electron chi connectivity index (χ4n) is 9.48. The van der Waals surface area contributed by atoms with Crippen molar-refractivity contribution in [2.45, 2.75) is 57.9 Å². The minimum Gasteiger partial charge on any atom is -0.333 e. The van der Waals surface area contributed by atoms with E-state index in [-0.39, 0.29) is 12.0 Å². The molecule has 1 aliphatic heterocycles. The molecule has 57 heavy (non-hydrogen) atoms. The number of aryl methyl sites for hydroxylation is 2. The van der Waals surface area contributed by atoms with Crippen molar-refractivity contribution < 1.29 is 0 Å². The van der Waals surface area contributed by atoms with Gasteiger partial charge in [-0.3, -0.25) is 0 Å². The molecule has 0 spiro atoms. The average molecular weight is 737 g/mol. The standard InChI is InChI=1S/C55H48N2/c1-3-5-13-39-14-10-15-44(36-39)43-28-26-40(27-29-43)41-30-32-46(33-31-41)56-50-20-8-6-18-48(50)54-52(56)34-35-53-55(54)49-19-7-9-21-51(49)57(53)47-17-11-16-45(37-47)42-24-22-38(12-4-2)23-25-42/h6-11,14-37,52,54H,3-5,12-13H2,1-2H3. The predicted octanol–water partition coefficient (Wildman–Crippen LogP) is 14.6. The van der Waals surface area contributed by atoms with Gasteiger partial charge in [-0.05, 0) is 117 Å². The molecule has 0 N–H and O–H groups in total. The van der Waals surface area contributed by atoms with Gasteiger partial charge in [-0.25, -0.2) is 0 Å². The highest BCUT2D eigenvalue weighted by atomic mass is 15.2. The van der Waals surface area contributed by atoms with Crippen molar-refractivity contribution >= 4 is 28.4 Å². The summed E-state index contributed by atoms with van der Waals surface area (Å²) >= 11 is 0. The predicted molar refractivity (Wildman–Crippen MR) is 242 cm³/mol. The van der Waals surface area contributed by atoms with Crippen LogP contribution in [0.2, 0.25) is 0 Å². The number of anilines is 2. The normalized spacial score (nSPS) is 15.4. The number of fused-ring (bicyclic) bond motifs is 7. The molecule has 10 rings (SSSR count). The van der Waals surface area contributed by atoms with Gasteiger partial charge in [0.05, 0.1) is 17.3 Å². The summed E-state index contributed by atoms with van der Waals surface area (Å²) in [5, 5.41) is 1.32. The molecule has 0 fully saturated rings. The Kier molecular flexibility index (Phi) is 9.19. The third kappa shape index (κ3) is 6.30. The summed E-state index contributed by atoms with van der Waals surface area (Å²) in [6.07, 6.45) is 10.7. The molecule has 2 heterocycles. The number of hydrogen-bond acceptors (Lipinski definition) is 1. The first-order valence-electron chi connectivity index (χ1n) is 20.9. The molecular formula is C55H48N2. The fourth-order valence-corrected chi connectivity index (χ4v) is 9.48. The number of unbranched alkanes of at least 4 members (excludes halogenated alkanes) is 1. The second kappa shape index (κ2) is 14.9. The van der Waals surface area contributed by atoms with Crippen LogP contribution >= 0.6 is 0 Å². The summed E-state index contributed by atoms with van der Waals surface area (Å²) in [5.74, 6) is 0.203. The minimum atomic E-state index is 0.167. The summed E-state index contributed by atoms with van der Waals surface area (Å²) in [6.45, 7) is 4.50. The Labute approximate surface area is 337 Å². The maximum Gasteiger partial charge on any atom is 0.0637 e. The van der Waals surface area contributed by atoms with E-state index in [1.807, 2.05) is 0 Å². The van der Waals surface area contributed by atoms with Crippen LogP contribution in [0.3, 0.4) is 0 Å². The molecule has 0 saturated carbocycles. The summed E-state index contributed by atoms with van der Waals surface area (Å²) in [4.78, 5) is 2.56. The van der Waals surface area contributed by atoms with Gasteiger partial charge in [0.15, 0.2) is 0 Å². The Balaban J connectivity index is 0.985. The maximum atomic E-state index is 2.56. The summed E-state index contributed by atoms with van der Waals surface area (Å²) in [7, 11) is 0. The zero-order valence-corrected chi connectivity index (χ0v) is 32.9.